The van der Waals surface area contributed by atoms with Gasteiger partial charge in [0.25, 0.3) is 11.8 Å². The molecule has 1 fully saturated rings. The fourth-order valence-electron chi connectivity index (χ4n) is 3.02. The van der Waals surface area contributed by atoms with Crippen LogP contribution in [0.5, 0.6) is 0 Å². The smallest absolute Gasteiger partial charge is 0.261 e. The highest BCUT2D eigenvalue weighted by Gasteiger charge is 2.36. The van der Waals surface area contributed by atoms with Crippen molar-refractivity contribution in [3.05, 3.63) is 35.4 Å². The van der Waals surface area contributed by atoms with Gasteiger partial charge in [0.15, 0.2) is 0 Å². The summed E-state index contributed by atoms with van der Waals surface area (Å²) in [6, 6.07) is 7.50. The zero-order chi connectivity index (χ0) is 14.3. The summed E-state index contributed by atoms with van der Waals surface area (Å²) in [4.78, 5) is 28.0. The maximum absolute atomic E-state index is 12.2. The number of hydrogen-bond donors (Lipinski definition) is 1. The molecule has 2 aliphatic rings. The molecule has 0 spiro atoms. The van der Waals surface area contributed by atoms with E-state index >= 15 is 0 Å². The van der Waals surface area contributed by atoms with Gasteiger partial charge in [-0.15, -0.1) is 0 Å². The average molecular weight is 273 g/mol. The Morgan fingerprint density at radius 3 is 2.25 bits per heavy atom. The van der Waals surface area contributed by atoms with Gasteiger partial charge >= 0.3 is 0 Å². The lowest BCUT2D eigenvalue weighted by Crippen LogP contribution is -2.42. The highest BCUT2D eigenvalue weighted by molar-refractivity contribution is 6.21. The molecule has 5 heteroatoms. The number of imide groups is 1. The quantitative estimate of drug-likeness (QED) is 0.823. The van der Waals surface area contributed by atoms with Gasteiger partial charge in [0.2, 0.25) is 0 Å². The average Bonchev–Trinajstić information content (AvgIpc) is 2.90. The molecule has 20 heavy (non-hydrogen) atoms. The van der Waals surface area contributed by atoms with E-state index in [0.29, 0.717) is 30.3 Å². The van der Waals surface area contributed by atoms with Crippen molar-refractivity contribution in [1.29, 1.82) is 0 Å². The Hall–Kier alpha value is -1.72. The van der Waals surface area contributed by atoms with Crippen molar-refractivity contribution in [2.24, 2.45) is 5.73 Å². The van der Waals surface area contributed by atoms with Gasteiger partial charge in [-0.3, -0.25) is 19.4 Å². The van der Waals surface area contributed by atoms with Crippen molar-refractivity contribution in [3.63, 3.8) is 0 Å². The van der Waals surface area contributed by atoms with E-state index in [1.807, 2.05) is 0 Å². The summed E-state index contributed by atoms with van der Waals surface area (Å²) in [6.07, 6.45) is 0.975. The number of carbonyl (C=O) groups excluding carboxylic acids is 2. The molecular weight excluding hydrogens is 254 g/mol. The maximum atomic E-state index is 12.2. The first-order valence-corrected chi connectivity index (χ1v) is 7.04. The van der Waals surface area contributed by atoms with E-state index in [0.717, 1.165) is 13.0 Å². The van der Waals surface area contributed by atoms with Gasteiger partial charge in [0.1, 0.15) is 0 Å². The number of nitrogens with zero attached hydrogens (tertiary/aromatic N) is 2. The molecule has 106 valence electrons. The van der Waals surface area contributed by atoms with Crippen molar-refractivity contribution in [3.8, 4) is 0 Å². The Bertz CT molecular complexity index is 523. The molecule has 2 N–H and O–H groups in total. The molecular formula is C15H19N3O2. The fraction of sp³-hybridized carbons (Fsp3) is 0.467. The van der Waals surface area contributed by atoms with E-state index in [2.05, 4.69) is 11.8 Å². The molecule has 1 saturated heterocycles. The number of fused-ring (bicyclic) bond motifs is 1. The molecule has 2 aliphatic heterocycles. The predicted molar refractivity (Wildman–Crippen MR) is 75.4 cm³/mol. The number of nitrogens with two attached hydrogens (primary N) is 1. The van der Waals surface area contributed by atoms with Gasteiger partial charge in [-0.1, -0.05) is 12.1 Å². The fourth-order valence-corrected chi connectivity index (χ4v) is 3.02. The van der Waals surface area contributed by atoms with Crippen molar-refractivity contribution in [2.75, 3.05) is 19.6 Å². The molecule has 0 bridgehead atoms. The van der Waals surface area contributed by atoms with Gasteiger partial charge in [-0.25, -0.2) is 0 Å². The van der Waals surface area contributed by atoms with E-state index in [9.17, 15) is 9.59 Å². The van der Waals surface area contributed by atoms with Crippen LogP contribution in [-0.4, -0.2) is 53.3 Å². The van der Waals surface area contributed by atoms with Gasteiger partial charge in [-0.05, 0) is 25.5 Å². The lowest BCUT2D eigenvalue weighted by molar-refractivity contribution is 0.0634. The molecule has 0 saturated carbocycles. The van der Waals surface area contributed by atoms with Crippen molar-refractivity contribution in [1.82, 2.24) is 9.80 Å². The molecule has 5 nitrogen and oxygen atoms in total. The number of rotatable bonds is 3. The third-order valence-corrected chi connectivity index (χ3v) is 4.43. The monoisotopic (exact) mass is 273 g/mol. The topological polar surface area (TPSA) is 66.6 Å². The summed E-state index contributed by atoms with van der Waals surface area (Å²) >= 11 is 0. The minimum atomic E-state index is -0.179. The van der Waals surface area contributed by atoms with E-state index < -0.39 is 0 Å². The Morgan fingerprint density at radius 1 is 1.15 bits per heavy atom. The molecule has 2 heterocycles. The molecule has 2 unspecified atom stereocenters. The standard InChI is InChI=1S/C15H19N3O2/c1-10-13(16)6-7-17(10)8-9-18-14(19)11-4-2-3-5-12(11)15(18)20/h2-5,10,13H,6-9,16H2,1H3. The zero-order valence-corrected chi connectivity index (χ0v) is 11.6. The number of amides is 2. The molecule has 0 aliphatic carbocycles. The molecule has 0 aromatic heterocycles. The van der Waals surface area contributed by atoms with E-state index in [1.54, 1.807) is 24.3 Å². The van der Waals surface area contributed by atoms with Crippen LogP contribution in [0.2, 0.25) is 0 Å². The summed E-state index contributed by atoms with van der Waals surface area (Å²) in [7, 11) is 0. The number of carbonyl (C=O) groups is 2. The third kappa shape index (κ3) is 2.03. The van der Waals surface area contributed by atoms with Crippen LogP contribution >= 0.6 is 0 Å². The Labute approximate surface area is 118 Å². The van der Waals surface area contributed by atoms with Crippen molar-refractivity contribution in [2.45, 2.75) is 25.4 Å². The zero-order valence-electron chi connectivity index (χ0n) is 11.6. The third-order valence-electron chi connectivity index (χ3n) is 4.43. The molecule has 0 radical (unpaired) electrons. The Kier molecular flexibility index (Phi) is 3.31. The molecule has 1 aromatic carbocycles. The second kappa shape index (κ2) is 5.00. The van der Waals surface area contributed by atoms with Gasteiger partial charge in [-0.2, -0.15) is 0 Å². The van der Waals surface area contributed by atoms with Crippen LogP contribution in [0.15, 0.2) is 24.3 Å². The summed E-state index contributed by atoms with van der Waals surface area (Å²) in [6.45, 7) is 4.16. The molecule has 1 aromatic rings. The Morgan fingerprint density at radius 2 is 1.75 bits per heavy atom. The Balaban J connectivity index is 1.68. The maximum Gasteiger partial charge on any atom is 0.261 e. The molecule has 2 amide bonds. The van der Waals surface area contributed by atoms with Crippen LogP contribution in [0.1, 0.15) is 34.1 Å². The first kappa shape index (κ1) is 13.3. The van der Waals surface area contributed by atoms with Crippen molar-refractivity contribution < 1.29 is 9.59 Å². The van der Waals surface area contributed by atoms with Crippen LogP contribution in [-0.2, 0) is 0 Å². The predicted octanol–water partition coefficient (Wildman–Crippen LogP) is 0.704. The van der Waals surface area contributed by atoms with E-state index in [-0.39, 0.29) is 17.9 Å². The summed E-state index contributed by atoms with van der Waals surface area (Å²) in [5, 5.41) is 0. The lowest BCUT2D eigenvalue weighted by atomic mass is 10.1. The SMILES string of the molecule is CC1C(N)CCN1CCN1C(=O)c2ccccc2C1=O. The molecule has 2 atom stereocenters. The lowest BCUT2D eigenvalue weighted by Gasteiger charge is -2.25. The van der Waals surface area contributed by atoms with Gasteiger partial charge in [0.05, 0.1) is 11.1 Å². The first-order chi connectivity index (χ1) is 9.59. The van der Waals surface area contributed by atoms with Gasteiger partial charge in [0, 0.05) is 31.7 Å². The number of hydrogen-bond acceptors (Lipinski definition) is 4. The minimum Gasteiger partial charge on any atom is -0.326 e. The largest absolute Gasteiger partial charge is 0.326 e. The van der Waals surface area contributed by atoms with Crippen LogP contribution < -0.4 is 5.73 Å². The minimum absolute atomic E-state index is 0.179. The summed E-state index contributed by atoms with van der Waals surface area (Å²) in [5.41, 5.74) is 7.02. The van der Waals surface area contributed by atoms with Crippen LogP contribution in [0.25, 0.3) is 0 Å². The first-order valence-electron chi connectivity index (χ1n) is 7.04. The second-order valence-electron chi connectivity index (χ2n) is 5.54. The second-order valence-corrected chi connectivity index (χ2v) is 5.54. The van der Waals surface area contributed by atoms with Crippen LogP contribution in [0.3, 0.4) is 0 Å². The highest BCUT2D eigenvalue weighted by Crippen LogP contribution is 2.23. The highest BCUT2D eigenvalue weighted by atomic mass is 16.2. The number of likely N-dealkylation sites (tertiary alicyclic amines) is 1. The summed E-state index contributed by atoms with van der Waals surface area (Å²) < 4.78 is 0. The van der Waals surface area contributed by atoms with Crippen molar-refractivity contribution >= 4 is 11.8 Å². The van der Waals surface area contributed by atoms with Gasteiger partial charge < -0.3 is 5.73 Å². The molecule has 3 rings (SSSR count). The van der Waals surface area contributed by atoms with E-state index in [4.69, 9.17) is 5.73 Å². The summed E-state index contributed by atoms with van der Waals surface area (Å²) in [5.74, 6) is -0.358. The van der Waals surface area contributed by atoms with Crippen LogP contribution in [0, 0.1) is 0 Å². The van der Waals surface area contributed by atoms with E-state index in [1.165, 1.54) is 4.90 Å². The number of benzene rings is 1. The van der Waals surface area contributed by atoms with Crippen LogP contribution in [0.4, 0.5) is 0 Å². The normalized spacial score (nSPS) is 26.4.